The number of aromatic nitrogens is 2. The number of piperidine rings is 1. The summed E-state index contributed by atoms with van der Waals surface area (Å²) in [4.78, 5) is 2.42. The quantitative estimate of drug-likeness (QED) is 0.835. The van der Waals surface area contributed by atoms with Gasteiger partial charge in [0.1, 0.15) is 0 Å². The summed E-state index contributed by atoms with van der Waals surface area (Å²) in [7, 11) is 0. The highest BCUT2D eigenvalue weighted by Gasteiger charge is 2.21. The van der Waals surface area contributed by atoms with Gasteiger partial charge in [-0.25, -0.2) is 0 Å². The van der Waals surface area contributed by atoms with Gasteiger partial charge in [0.15, 0.2) is 0 Å². The Morgan fingerprint density at radius 1 is 1.35 bits per heavy atom. The third-order valence-corrected chi connectivity index (χ3v) is 3.34. The van der Waals surface area contributed by atoms with E-state index in [9.17, 15) is 0 Å². The van der Waals surface area contributed by atoms with E-state index >= 15 is 0 Å². The summed E-state index contributed by atoms with van der Waals surface area (Å²) in [5, 5.41) is 11.5. The van der Waals surface area contributed by atoms with Gasteiger partial charge in [0.25, 0.3) is 0 Å². The molecule has 0 aliphatic carbocycles. The number of nitrogens with one attached hydrogen (secondary N) is 1. The molecule has 5 heteroatoms. The number of likely N-dealkylation sites (N-methyl/N-ethyl adjacent to an activating group) is 1. The first-order chi connectivity index (χ1) is 8.33. The van der Waals surface area contributed by atoms with E-state index in [0.717, 1.165) is 44.4 Å². The van der Waals surface area contributed by atoms with Crippen LogP contribution in [0.4, 0.5) is 0 Å². The van der Waals surface area contributed by atoms with Gasteiger partial charge < -0.3 is 9.73 Å². The van der Waals surface area contributed by atoms with Crippen LogP contribution in [0.5, 0.6) is 0 Å². The highest BCUT2D eigenvalue weighted by atomic mass is 16.4. The molecule has 0 radical (unpaired) electrons. The lowest BCUT2D eigenvalue weighted by molar-refractivity contribution is 0.151. The molecule has 2 heterocycles. The normalized spacial score (nSPS) is 21.0. The first-order valence-corrected chi connectivity index (χ1v) is 6.59. The van der Waals surface area contributed by atoms with E-state index < -0.39 is 0 Å². The molecule has 1 saturated heterocycles. The van der Waals surface area contributed by atoms with Crippen molar-refractivity contribution in [3.05, 3.63) is 11.8 Å². The van der Waals surface area contributed by atoms with Crippen LogP contribution in [-0.2, 0) is 13.0 Å². The Kier molecular flexibility index (Phi) is 4.50. The fourth-order valence-corrected chi connectivity index (χ4v) is 2.31. The van der Waals surface area contributed by atoms with Crippen LogP contribution in [0.1, 0.15) is 38.5 Å². The Labute approximate surface area is 103 Å². The van der Waals surface area contributed by atoms with Gasteiger partial charge in [0.2, 0.25) is 11.8 Å². The first-order valence-electron chi connectivity index (χ1n) is 6.59. The summed E-state index contributed by atoms with van der Waals surface area (Å²) in [6.07, 6.45) is 3.32. The van der Waals surface area contributed by atoms with Crippen molar-refractivity contribution in [2.45, 2.75) is 45.7 Å². The maximum Gasteiger partial charge on any atom is 0.230 e. The van der Waals surface area contributed by atoms with E-state index in [1.165, 1.54) is 12.8 Å². The largest absolute Gasteiger partial charge is 0.424 e. The third kappa shape index (κ3) is 3.26. The molecule has 1 N–H and O–H groups in total. The van der Waals surface area contributed by atoms with Gasteiger partial charge in [-0.1, -0.05) is 13.8 Å². The van der Waals surface area contributed by atoms with Crippen molar-refractivity contribution in [3.8, 4) is 0 Å². The van der Waals surface area contributed by atoms with Gasteiger partial charge in [-0.2, -0.15) is 0 Å². The van der Waals surface area contributed by atoms with Crippen LogP contribution in [0.2, 0.25) is 0 Å². The standard InChI is InChI=1S/C12H22N4O/c1-3-11-14-15-12(17-11)9-16(4-2)10-6-5-7-13-8-10/h10,13H,3-9H2,1-2H3. The molecular formula is C12H22N4O. The van der Waals surface area contributed by atoms with Crippen LogP contribution in [-0.4, -0.2) is 40.8 Å². The molecule has 0 amide bonds. The maximum atomic E-state index is 5.57. The molecule has 1 fully saturated rings. The second kappa shape index (κ2) is 6.12. The minimum atomic E-state index is 0.603. The van der Waals surface area contributed by atoms with Crippen molar-refractivity contribution < 1.29 is 4.42 Å². The van der Waals surface area contributed by atoms with Crippen LogP contribution in [0.3, 0.4) is 0 Å². The second-order valence-electron chi connectivity index (χ2n) is 4.51. The van der Waals surface area contributed by atoms with E-state index in [0.29, 0.717) is 6.04 Å². The molecule has 1 aromatic rings. The van der Waals surface area contributed by atoms with Gasteiger partial charge >= 0.3 is 0 Å². The molecular weight excluding hydrogens is 216 g/mol. The molecule has 2 rings (SSSR count). The monoisotopic (exact) mass is 238 g/mol. The fraction of sp³-hybridized carbons (Fsp3) is 0.833. The Morgan fingerprint density at radius 3 is 2.76 bits per heavy atom. The third-order valence-electron chi connectivity index (χ3n) is 3.34. The summed E-state index contributed by atoms with van der Waals surface area (Å²) in [5.74, 6) is 1.48. The van der Waals surface area contributed by atoms with Crippen molar-refractivity contribution in [1.82, 2.24) is 20.4 Å². The maximum absolute atomic E-state index is 5.57. The highest BCUT2D eigenvalue weighted by Crippen LogP contribution is 2.13. The molecule has 0 spiro atoms. The Balaban J connectivity index is 1.93. The second-order valence-corrected chi connectivity index (χ2v) is 4.51. The van der Waals surface area contributed by atoms with E-state index in [-0.39, 0.29) is 0 Å². The minimum absolute atomic E-state index is 0.603. The Bertz CT molecular complexity index is 333. The van der Waals surface area contributed by atoms with E-state index in [1.54, 1.807) is 0 Å². The lowest BCUT2D eigenvalue weighted by Crippen LogP contribution is -2.45. The van der Waals surface area contributed by atoms with Crippen molar-refractivity contribution in [2.75, 3.05) is 19.6 Å². The number of hydrogen-bond donors (Lipinski definition) is 1. The average Bonchev–Trinajstić information content (AvgIpc) is 2.84. The fourth-order valence-electron chi connectivity index (χ4n) is 2.31. The van der Waals surface area contributed by atoms with Gasteiger partial charge in [0, 0.05) is 19.0 Å². The summed E-state index contributed by atoms with van der Waals surface area (Å²) in [5.41, 5.74) is 0. The molecule has 1 aromatic heterocycles. The van der Waals surface area contributed by atoms with Crippen LogP contribution in [0.25, 0.3) is 0 Å². The molecule has 0 aromatic carbocycles. The van der Waals surface area contributed by atoms with Crippen molar-refractivity contribution in [1.29, 1.82) is 0 Å². The van der Waals surface area contributed by atoms with Gasteiger partial charge in [-0.05, 0) is 25.9 Å². The molecule has 5 nitrogen and oxygen atoms in total. The minimum Gasteiger partial charge on any atom is -0.424 e. The van der Waals surface area contributed by atoms with Crippen LogP contribution in [0.15, 0.2) is 4.42 Å². The van der Waals surface area contributed by atoms with Gasteiger partial charge in [-0.3, -0.25) is 4.90 Å². The Hall–Kier alpha value is -0.940. The molecule has 0 bridgehead atoms. The summed E-state index contributed by atoms with van der Waals surface area (Å²) in [6, 6.07) is 0.603. The summed E-state index contributed by atoms with van der Waals surface area (Å²) >= 11 is 0. The predicted molar refractivity (Wildman–Crippen MR) is 65.7 cm³/mol. The number of nitrogens with zero attached hydrogens (tertiary/aromatic N) is 3. The molecule has 0 saturated carbocycles. The van der Waals surface area contributed by atoms with Crippen LogP contribution >= 0.6 is 0 Å². The smallest absolute Gasteiger partial charge is 0.230 e. The van der Waals surface area contributed by atoms with Crippen molar-refractivity contribution in [3.63, 3.8) is 0 Å². The summed E-state index contributed by atoms with van der Waals surface area (Å²) in [6.45, 7) is 8.23. The zero-order valence-electron chi connectivity index (χ0n) is 10.8. The van der Waals surface area contributed by atoms with E-state index in [2.05, 4.69) is 27.3 Å². The van der Waals surface area contributed by atoms with Crippen molar-refractivity contribution in [2.24, 2.45) is 0 Å². The molecule has 1 aliphatic heterocycles. The lowest BCUT2D eigenvalue weighted by atomic mass is 10.1. The van der Waals surface area contributed by atoms with Crippen LogP contribution in [0, 0.1) is 0 Å². The average molecular weight is 238 g/mol. The summed E-state index contributed by atoms with van der Waals surface area (Å²) < 4.78 is 5.57. The molecule has 96 valence electrons. The zero-order valence-corrected chi connectivity index (χ0v) is 10.8. The zero-order chi connectivity index (χ0) is 12.1. The molecule has 1 atom stereocenters. The topological polar surface area (TPSA) is 54.2 Å². The molecule has 17 heavy (non-hydrogen) atoms. The van der Waals surface area contributed by atoms with Crippen LogP contribution < -0.4 is 5.32 Å². The number of rotatable bonds is 5. The van der Waals surface area contributed by atoms with Gasteiger partial charge in [-0.15, -0.1) is 10.2 Å². The van der Waals surface area contributed by atoms with E-state index in [1.807, 2.05) is 6.92 Å². The predicted octanol–water partition coefficient (Wildman–Crippen LogP) is 1.21. The molecule has 1 unspecified atom stereocenters. The highest BCUT2D eigenvalue weighted by molar-refractivity contribution is 4.85. The van der Waals surface area contributed by atoms with E-state index in [4.69, 9.17) is 4.42 Å². The lowest BCUT2D eigenvalue weighted by Gasteiger charge is -2.32. The SMILES string of the molecule is CCc1nnc(CN(CC)C2CCCNC2)o1. The Morgan fingerprint density at radius 2 is 2.18 bits per heavy atom. The van der Waals surface area contributed by atoms with Crippen molar-refractivity contribution >= 4 is 0 Å². The number of hydrogen-bond acceptors (Lipinski definition) is 5. The van der Waals surface area contributed by atoms with Gasteiger partial charge in [0.05, 0.1) is 6.54 Å². The molecule has 1 aliphatic rings. The number of aryl methyl sites for hydroxylation is 1. The first kappa shape index (κ1) is 12.5.